The van der Waals surface area contributed by atoms with Crippen LogP contribution in [0.1, 0.15) is 24.7 Å². The molecule has 0 saturated carbocycles. The van der Waals surface area contributed by atoms with Crippen LogP contribution in [0.2, 0.25) is 0 Å². The third-order valence-electron chi connectivity index (χ3n) is 2.85. The molecule has 2 aromatic heterocycles. The maximum absolute atomic E-state index is 5.97. The van der Waals surface area contributed by atoms with E-state index in [4.69, 9.17) is 5.73 Å². The van der Waals surface area contributed by atoms with Crippen LogP contribution in [0.4, 0.5) is 0 Å². The molecule has 2 aromatic rings. The molecule has 2 rings (SSSR count). The third-order valence-corrected chi connectivity index (χ3v) is 2.85. The number of aromatic nitrogens is 4. The van der Waals surface area contributed by atoms with Gasteiger partial charge in [0.2, 0.25) is 0 Å². The standard InChI is InChI=1S/C13H19N5/c1-4-10(14)8-11-7-9(2)15-13(16-11)12-5-6-18(3)17-12/h5-7,10H,4,8,14H2,1-3H3. The highest BCUT2D eigenvalue weighted by Crippen LogP contribution is 2.14. The monoisotopic (exact) mass is 245 g/mol. The van der Waals surface area contributed by atoms with E-state index in [0.717, 1.165) is 29.9 Å². The average Bonchev–Trinajstić information content (AvgIpc) is 2.75. The number of aryl methyl sites for hydroxylation is 2. The molecule has 5 nitrogen and oxygen atoms in total. The quantitative estimate of drug-likeness (QED) is 0.885. The summed E-state index contributed by atoms with van der Waals surface area (Å²) in [6.45, 7) is 4.05. The van der Waals surface area contributed by atoms with Gasteiger partial charge >= 0.3 is 0 Å². The van der Waals surface area contributed by atoms with Gasteiger partial charge in [-0.2, -0.15) is 5.10 Å². The van der Waals surface area contributed by atoms with Crippen LogP contribution in [0, 0.1) is 6.92 Å². The zero-order valence-electron chi connectivity index (χ0n) is 11.1. The van der Waals surface area contributed by atoms with E-state index in [9.17, 15) is 0 Å². The minimum atomic E-state index is 0.149. The van der Waals surface area contributed by atoms with Crippen molar-refractivity contribution in [1.29, 1.82) is 0 Å². The van der Waals surface area contributed by atoms with Crippen LogP contribution in [-0.2, 0) is 13.5 Å². The highest BCUT2D eigenvalue weighted by Gasteiger charge is 2.09. The van der Waals surface area contributed by atoms with Crippen molar-refractivity contribution in [3.8, 4) is 11.5 Å². The van der Waals surface area contributed by atoms with Crippen LogP contribution in [0.15, 0.2) is 18.3 Å². The lowest BCUT2D eigenvalue weighted by Crippen LogP contribution is -2.22. The van der Waals surface area contributed by atoms with Crippen molar-refractivity contribution in [3.63, 3.8) is 0 Å². The Morgan fingerprint density at radius 3 is 2.78 bits per heavy atom. The molecular weight excluding hydrogens is 226 g/mol. The summed E-state index contributed by atoms with van der Waals surface area (Å²) in [6.07, 6.45) is 3.61. The maximum atomic E-state index is 5.97. The summed E-state index contributed by atoms with van der Waals surface area (Å²) in [5, 5.41) is 4.32. The molecule has 0 fully saturated rings. The summed E-state index contributed by atoms with van der Waals surface area (Å²) in [5.41, 5.74) is 8.70. The van der Waals surface area contributed by atoms with Crippen molar-refractivity contribution in [3.05, 3.63) is 29.7 Å². The van der Waals surface area contributed by atoms with Gasteiger partial charge in [-0.05, 0) is 25.5 Å². The first-order valence-corrected chi connectivity index (χ1v) is 6.18. The molecule has 0 aliphatic heterocycles. The molecule has 0 saturated heterocycles. The lowest BCUT2D eigenvalue weighted by Gasteiger charge is -2.09. The Morgan fingerprint density at radius 2 is 2.17 bits per heavy atom. The lowest BCUT2D eigenvalue weighted by molar-refractivity contribution is 0.635. The second-order valence-corrected chi connectivity index (χ2v) is 4.57. The Morgan fingerprint density at radius 1 is 1.39 bits per heavy atom. The van der Waals surface area contributed by atoms with Gasteiger partial charge in [-0.15, -0.1) is 0 Å². The van der Waals surface area contributed by atoms with E-state index in [2.05, 4.69) is 22.0 Å². The molecule has 0 spiro atoms. The minimum Gasteiger partial charge on any atom is -0.327 e. The second kappa shape index (κ2) is 5.27. The Kier molecular flexibility index (Phi) is 3.72. The van der Waals surface area contributed by atoms with Gasteiger partial charge in [0.25, 0.3) is 0 Å². The fourth-order valence-corrected chi connectivity index (χ4v) is 1.80. The Balaban J connectivity index is 2.32. The predicted molar refractivity (Wildman–Crippen MR) is 70.9 cm³/mol. The van der Waals surface area contributed by atoms with Crippen molar-refractivity contribution in [2.45, 2.75) is 32.7 Å². The first-order chi connectivity index (χ1) is 8.58. The van der Waals surface area contributed by atoms with Crippen LogP contribution in [0.25, 0.3) is 11.5 Å². The van der Waals surface area contributed by atoms with E-state index in [1.54, 1.807) is 4.68 Å². The Bertz CT molecular complexity index is 532. The fraction of sp³-hybridized carbons (Fsp3) is 0.462. The summed E-state index contributed by atoms with van der Waals surface area (Å²) >= 11 is 0. The smallest absolute Gasteiger partial charge is 0.180 e. The van der Waals surface area contributed by atoms with Crippen LogP contribution < -0.4 is 5.73 Å². The van der Waals surface area contributed by atoms with Crippen molar-refractivity contribution in [2.24, 2.45) is 12.8 Å². The van der Waals surface area contributed by atoms with E-state index >= 15 is 0 Å². The largest absolute Gasteiger partial charge is 0.327 e. The number of nitrogens with two attached hydrogens (primary N) is 1. The number of rotatable bonds is 4. The van der Waals surface area contributed by atoms with Crippen molar-refractivity contribution in [2.75, 3.05) is 0 Å². The fourth-order valence-electron chi connectivity index (χ4n) is 1.80. The molecule has 0 amide bonds. The molecule has 1 atom stereocenters. The van der Waals surface area contributed by atoms with Crippen LogP contribution >= 0.6 is 0 Å². The summed E-state index contributed by atoms with van der Waals surface area (Å²) < 4.78 is 1.75. The maximum Gasteiger partial charge on any atom is 0.180 e. The Hall–Kier alpha value is -1.75. The normalized spacial score (nSPS) is 12.7. The van der Waals surface area contributed by atoms with Gasteiger partial charge in [-0.25, -0.2) is 9.97 Å². The number of hydrogen-bond donors (Lipinski definition) is 1. The lowest BCUT2D eigenvalue weighted by atomic mass is 10.1. The zero-order valence-corrected chi connectivity index (χ0v) is 11.1. The van der Waals surface area contributed by atoms with Crippen LogP contribution in [-0.4, -0.2) is 25.8 Å². The van der Waals surface area contributed by atoms with E-state index in [0.29, 0.717) is 5.82 Å². The van der Waals surface area contributed by atoms with E-state index in [1.807, 2.05) is 32.3 Å². The molecule has 2 heterocycles. The highest BCUT2D eigenvalue weighted by molar-refractivity contribution is 5.48. The van der Waals surface area contributed by atoms with E-state index in [-0.39, 0.29) is 6.04 Å². The number of nitrogens with zero attached hydrogens (tertiary/aromatic N) is 4. The summed E-state index contributed by atoms with van der Waals surface area (Å²) in [6, 6.07) is 4.05. The van der Waals surface area contributed by atoms with Crippen molar-refractivity contribution >= 4 is 0 Å². The first-order valence-electron chi connectivity index (χ1n) is 6.18. The Labute approximate surface area is 107 Å². The SMILES string of the molecule is CCC(N)Cc1cc(C)nc(-c2ccn(C)n2)n1. The summed E-state index contributed by atoms with van der Waals surface area (Å²) in [4.78, 5) is 8.96. The molecule has 0 aliphatic rings. The van der Waals surface area contributed by atoms with Crippen molar-refractivity contribution < 1.29 is 0 Å². The first kappa shape index (κ1) is 12.7. The zero-order chi connectivity index (χ0) is 13.1. The predicted octanol–water partition coefficient (Wildman–Crippen LogP) is 1.47. The average molecular weight is 245 g/mol. The van der Waals surface area contributed by atoms with Gasteiger partial charge in [0, 0.05) is 37.1 Å². The molecule has 18 heavy (non-hydrogen) atoms. The molecule has 0 aromatic carbocycles. The van der Waals surface area contributed by atoms with Gasteiger partial charge in [0.1, 0.15) is 5.69 Å². The van der Waals surface area contributed by atoms with Crippen LogP contribution in [0.5, 0.6) is 0 Å². The van der Waals surface area contributed by atoms with Crippen molar-refractivity contribution in [1.82, 2.24) is 19.7 Å². The topological polar surface area (TPSA) is 69.6 Å². The van der Waals surface area contributed by atoms with Gasteiger partial charge in [-0.1, -0.05) is 6.92 Å². The molecule has 0 radical (unpaired) electrons. The highest BCUT2D eigenvalue weighted by atomic mass is 15.3. The van der Waals surface area contributed by atoms with Gasteiger partial charge in [0.05, 0.1) is 0 Å². The summed E-state index contributed by atoms with van der Waals surface area (Å²) in [7, 11) is 1.88. The molecule has 0 aliphatic carbocycles. The van der Waals surface area contributed by atoms with E-state index in [1.165, 1.54) is 0 Å². The number of hydrogen-bond acceptors (Lipinski definition) is 4. The van der Waals surface area contributed by atoms with E-state index < -0.39 is 0 Å². The second-order valence-electron chi connectivity index (χ2n) is 4.57. The molecule has 2 N–H and O–H groups in total. The molecule has 96 valence electrons. The van der Waals surface area contributed by atoms with Gasteiger partial charge in [0.15, 0.2) is 5.82 Å². The van der Waals surface area contributed by atoms with Gasteiger partial charge < -0.3 is 5.73 Å². The van der Waals surface area contributed by atoms with Crippen LogP contribution in [0.3, 0.4) is 0 Å². The molecular formula is C13H19N5. The molecule has 1 unspecified atom stereocenters. The minimum absolute atomic E-state index is 0.149. The molecule has 5 heteroatoms. The molecule has 0 bridgehead atoms. The summed E-state index contributed by atoms with van der Waals surface area (Å²) in [5.74, 6) is 0.675. The van der Waals surface area contributed by atoms with Gasteiger partial charge in [-0.3, -0.25) is 4.68 Å². The third kappa shape index (κ3) is 2.92.